The summed E-state index contributed by atoms with van der Waals surface area (Å²) in [6.45, 7) is 8.72. The van der Waals surface area contributed by atoms with Gasteiger partial charge in [0, 0.05) is 18.2 Å². The number of hydrogen-bond donors (Lipinski definition) is 2. The van der Waals surface area contributed by atoms with Crippen LogP contribution in [0.5, 0.6) is 0 Å². The van der Waals surface area contributed by atoms with Crippen LogP contribution >= 0.6 is 11.3 Å². The molecule has 2 rings (SSSR count). The lowest BCUT2D eigenvalue weighted by molar-refractivity contribution is 0.0958. The molecule has 0 bridgehead atoms. The molecule has 0 aromatic carbocycles. The van der Waals surface area contributed by atoms with Gasteiger partial charge < -0.3 is 5.32 Å². The number of carbonyl (C=O) groups excluding carboxylic acids is 1. The number of amides is 1. The Kier molecular flexibility index (Phi) is 4.54. The van der Waals surface area contributed by atoms with Gasteiger partial charge in [-0.15, -0.1) is 11.3 Å². The molecule has 0 unspecified atom stereocenters. The third kappa shape index (κ3) is 3.25. The number of aromatic nitrogens is 3. The second-order valence-electron chi connectivity index (χ2n) is 5.14. The van der Waals surface area contributed by atoms with E-state index in [9.17, 15) is 4.79 Å². The lowest BCUT2D eigenvalue weighted by Gasteiger charge is -2.04. The minimum atomic E-state index is -0.0480. The molecule has 0 aliphatic rings. The van der Waals surface area contributed by atoms with E-state index in [4.69, 9.17) is 0 Å². The smallest absolute Gasteiger partial charge is 0.263 e. The van der Waals surface area contributed by atoms with Gasteiger partial charge in [0.1, 0.15) is 4.88 Å². The number of aromatic amines is 1. The van der Waals surface area contributed by atoms with Crippen LogP contribution in [0.3, 0.4) is 0 Å². The Morgan fingerprint density at radius 1 is 1.45 bits per heavy atom. The average molecular weight is 292 g/mol. The molecule has 0 atom stereocenters. The molecule has 0 saturated heterocycles. The first-order chi connectivity index (χ1) is 9.49. The number of carbonyl (C=O) groups is 1. The fourth-order valence-electron chi connectivity index (χ4n) is 1.99. The van der Waals surface area contributed by atoms with Crippen molar-refractivity contribution in [3.05, 3.63) is 33.0 Å². The topological polar surface area (TPSA) is 70.7 Å². The highest BCUT2D eigenvalue weighted by Gasteiger charge is 2.12. The Balaban J connectivity index is 1.89. The minimum absolute atomic E-state index is 0.0480. The summed E-state index contributed by atoms with van der Waals surface area (Å²) >= 11 is 1.46. The van der Waals surface area contributed by atoms with Gasteiger partial charge in [0.2, 0.25) is 0 Å². The number of aryl methyl sites for hydroxylation is 2. The first-order valence-corrected chi connectivity index (χ1v) is 7.55. The van der Waals surface area contributed by atoms with E-state index in [1.807, 2.05) is 13.8 Å². The van der Waals surface area contributed by atoms with Gasteiger partial charge in [-0.3, -0.25) is 9.89 Å². The zero-order chi connectivity index (χ0) is 14.7. The van der Waals surface area contributed by atoms with Gasteiger partial charge in [0.05, 0.1) is 16.9 Å². The molecule has 108 valence electrons. The molecular weight excluding hydrogens is 272 g/mol. The van der Waals surface area contributed by atoms with Gasteiger partial charge in [0.25, 0.3) is 5.91 Å². The van der Waals surface area contributed by atoms with Crippen molar-refractivity contribution < 1.29 is 4.79 Å². The normalized spacial score (nSPS) is 11.1. The number of thiazole rings is 1. The van der Waals surface area contributed by atoms with E-state index in [0.29, 0.717) is 17.3 Å². The highest BCUT2D eigenvalue weighted by molar-refractivity contribution is 7.13. The van der Waals surface area contributed by atoms with Crippen molar-refractivity contribution in [1.29, 1.82) is 0 Å². The molecule has 0 radical (unpaired) electrons. The van der Waals surface area contributed by atoms with Crippen LogP contribution in [0, 0.1) is 13.8 Å². The summed E-state index contributed by atoms with van der Waals surface area (Å²) in [5.41, 5.74) is 3.24. The van der Waals surface area contributed by atoms with Crippen LogP contribution in [0.25, 0.3) is 0 Å². The van der Waals surface area contributed by atoms with Crippen molar-refractivity contribution in [2.75, 3.05) is 6.54 Å². The van der Waals surface area contributed by atoms with Crippen LogP contribution in [0.15, 0.2) is 6.20 Å². The minimum Gasteiger partial charge on any atom is -0.351 e. The first-order valence-electron chi connectivity index (χ1n) is 6.73. The van der Waals surface area contributed by atoms with Crippen LogP contribution in [-0.4, -0.2) is 27.6 Å². The van der Waals surface area contributed by atoms with Gasteiger partial charge in [-0.2, -0.15) is 5.10 Å². The van der Waals surface area contributed by atoms with Crippen LogP contribution in [-0.2, 0) is 6.42 Å². The Labute approximate surface area is 122 Å². The second-order valence-corrected chi connectivity index (χ2v) is 6.20. The monoisotopic (exact) mass is 292 g/mol. The Morgan fingerprint density at radius 2 is 2.20 bits per heavy atom. The standard InChI is InChI=1S/C14H20N4OS/c1-8(2)14-16-7-12(20-14)13(19)15-6-5-11-9(3)17-18-10(11)4/h7-8H,5-6H2,1-4H3,(H,15,19)(H,17,18). The quantitative estimate of drug-likeness (QED) is 0.889. The summed E-state index contributed by atoms with van der Waals surface area (Å²) in [5, 5.41) is 11.0. The third-order valence-corrected chi connectivity index (χ3v) is 4.48. The van der Waals surface area contributed by atoms with E-state index in [1.165, 1.54) is 16.9 Å². The molecule has 20 heavy (non-hydrogen) atoms. The Bertz CT molecular complexity index is 581. The van der Waals surface area contributed by atoms with Gasteiger partial charge in [0.15, 0.2) is 0 Å². The SMILES string of the molecule is Cc1n[nH]c(C)c1CCNC(=O)c1cnc(C(C)C)s1. The third-order valence-electron chi connectivity index (χ3n) is 3.18. The number of H-pyrrole nitrogens is 1. The van der Waals surface area contributed by atoms with Crippen LogP contribution in [0.4, 0.5) is 0 Å². The van der Waals surface area contributed by atoms with Crippen molar-refractivity contribution in [2.45, 2.75) is 40.0 Å². The Morgan fingerprint density at radius 3 is 2.75 bits per heavy atom. The van der Waals surface area contributed by atoms with Crippen molar-refractivity contribution in [3.8, 4) is 0 Å². The molecule has 1 amide bonds. The summed E-state index contributed by atoms with van der Waals surface area (Å²) in [6, 6.07) is 0. The summed E-state index contributed by atoms with van der Waals surface area (Å²) in [5.74, 6) is 0.311. The Hall–Kier alpha value is -1.69. The lowest BCUT2D eigenvalue weighted by atomic mass is 10.1. The predicted octanol–water partition coefficient (Wildman–Crippen LogP) is 2.58. The molecular formula is C14H20N4OS. The van der Waals surface area contributed by atoms with E-state index in [-0.39, 0.29) is 5.91 Å². The molecule has 0 saturated carbocycles. The molecule has 0 fully saturated rings. The fraction of sp³-hybridized carbons (Fsp3) is 0.500. The van der Waals surface area contributed by atoms with E-state index in [0.717, 1.165) is 22.8 Å². The molecule has 0 aliphatic heterocycles. The molecule has 2 aromatic heterocycles. The van der Waals surface area contributed by atoms with Crippen LogP contribution in [0.2, 0.25) is 0 Å². The maximum Gasteiger partial charge on any atom is 0.263 e. The van der Waals surface area contributed by atoms with Gasteiger partial charge in [-0.05, 0) is 25.8 Å². The fourth-order valence-corrected chi connectivity index (χ4v) is 2.83. The molecule has 2 aromatic rings. The molecule has 6 heteroatoms. The second kappa shape index (κ2) is 6.17. The number of rotatable bonds is 5. The number of hydrogen-bond acceptors (Lipinski definition) is 4. The maximum atomic E-state index is 12.0. The number of nitrogens with one attached hydrogen (secondary N) is 2. The van der Waals surface area contributed by atoms with Crippen LogP contribution in [0.1, 0.15) is 51.4 Å². The maximum absolute atomic E-state index is 12.0. The van der Waals surface area contributed by atoms with Gasteiger partial charge >= 0.3 is 0 Å². The number of nitrogens with zero attached hydrogens (tertiary/aromatic N) is 2. The zero-order valence-corrected chi connectivity index (χ0v) is 13.1. The van der Waals surface area contributed by atoms with E-state index >= 15 is 0 Å². The van der Waals surface area contributed by atoms with E-state index in [1.54, 1.807) is 6.20 Å². The van der Waals surface area contributed by atoms with E-state index < -0.39 is 0 Å². The highest BCUT2D eigenvalue weighted by atomic mass is 32.1. The van der Waals surface area contributed by atoms with Gasteiger partial charge in [-0.1, -0.05) is 13.8 Å². The summed E-state index contributed by atoms with van der Waals surface area (Å²) in [4.78, 5) is 17.0. The van der Waals surface area contributed by atoms with Crippen molar-refractivity contribution in [3.63, 3.8) is 0 Å². The molecule has 0 aliphatic carbocycles. The van der Waals surface area contributed by atoms with E-state index in [2.05, 4.69) is 34.3 Å². The van der Waals surface area contributed by atoms with Crippen molar-refractivity contribution in [2.24, 2.45) is 0 Å². The summed E-state index contributed by atoms with van der Waals surface area (Å²) in [7, 11) is 0. The highest BCUT2D eigenvalue weighted by Crippen LogP contribution is 2.20. The summed E-state index contributed by atoms with van der Waals surface area (Å²) < 4.78 is 0. The average Bonchev–Trinajstić information content (AvgIpc) is 3.00. The molecule has 5 nitrogen and oxygen atoms in total. The van der Waals surface area contributed by atoms with Gasteiger partial charge in [-0.25, -0.2) is 4.98 Å². The van der Waals surface area contributed by atoms with Crippen molar-refractivity contribution in [1.82, 2.24) is 20.5 Å². The summed E-state index contributed by atoms with van der Waals surface area (Å²) in [6.07, 6.45) is 2.44. The van der Waals surface area contributed by atoms with Crippen LogP contribution < -0.4 is 5.32 Å². The molecule has 2 N–H and O–H groups in total. The zero-order valence-electron chi connectivity index (χ0n) is 12.3. The predicted molar refractivity (Wildman–Crippen MR) is 80.3 cm³/mol. The first kappa shape index (κ1) is 14.7. The molecule has 0 spiro atoms. The lowest BCUT2D eigenvalue weighted by Crippen LogP contribution is -2.25. The molecule has 2 heterocycles. The van der Waals surface area contributed by atoms with Crippen molar-refractivity contribution >= 4 is 17.2 Å². The largest absolute Gasteiger partial charge is 0.351 e.